The molecular weight excluding hydrogens is 306 g/mol. The van der Waals surface area contributed by atoms with Crippen molar-refractivity contribution >= 4 is 16.9 Å². The summed E-state index contributed by atoms with van der Waals surface area (Å²) in [6.45, 7) is 3.48. The molecule has 3 aromatic rings. The molecule has 1 aromatic carbocycles. The molecule has 3 rings (SSSR count). The lowest BCUT2D eigenvalue weighted by molar-refractivity contribution is -0.123. The van der Waals surface area contributed by atoms with Crippen LogP contribution in [0.2, 0.25) is 0 Å². The second-order valence-corrected chi connectivity index (χ2v) is 5.59. The number of rotatable bonds is 8. The van der Waals surface area contributed by atoms with Crippen LogP contribution >= 0.6 is 0 Å². The predicted octanol–water partition coefficient (Wildman–Crippen LogP) is 2.91. The monoisotopic (exact) mass is 327 g/mol. The molecule has 2 aromatic heterocycles. The van der Waals surface area contributed by atoms with E-state index in [2.05, 4.69) is 10.3 Å². The molecule has 0 aliphatic heterocycles. The van der Waals surface area contributed by atoms with Crippen molar-refractivity contribution in [1.29, 1.82) is 0 Å². The van der Waals surface area contributed by atoms with Gasteiger partial charge in [0.2, 0.25) is 5.91 Å². The normalized spacial score (nSPS) is 12.4. The van der Waals surface area contributed by atoms with Gasteiger partial charge in [0.25, 0.3) is 0 Å². The van der Waals surface area contributed by atoms with Gasteiger partial charge in [0, 0.05) is 13.2 Å². The van der Waals surface area contributed by atoms with Gasteiger partial charge in [-0.1, -0.05) is 12.1 Å². The van der Waals surface area contributed by atoms with Crippen LogP contribution in [0.15, 0.2) is 53.4 Å². The number of imidazole rings is 1. The topological polar surface area (TPSA) is 69.3 Å². The van der Waals surface area contributed by atoms with Gasteiger partial charge in [-0.2, -0.15) is 0 Å². The van der Waals surface area contributed by atoms with Crippen molar-refractivity contribution in [2.24, 2.45) is 0 Å². The van der Waals surface area contributed by atoms with Crippen molar-refractivity contribution in [2.75, 3.05) is 13.2 Å². The summed E-state index contributed by atoms with van der Waals surface area (Å²) < 4.78 is 12.6. The lowest BCUT2D eigenvalue weighted by Gasteiger charge is -2.14. The summed E-state index contributed by atoms with van der Waals surface area (Å²) in [6.07, 6.45) is 4.09. The number of hydrogen-bond acceptors (Lipinski definition) is 4. The van der Waals surface area contributed by atoms with Gasteiger partial charge in [-0.15, -0.1) is 0 Å². The van der Waals surface area contributed by atoms with Crippen LogP contribution in [0.25, 0.3) is 11.0 Å². The molecule has 0 fully saturated rings. The van der Waals surface area contributed by atoms with E-state index in [4.69, 9.17) is 9.15 Å². The number of carbonyl (C=O) groups excluding carboxylic acids is 1. The van der Waals surface area contributed by atoms with Crippen LogP contribution < -0.4 is 5.32 Å². The van der Waals surface area contributed by atoms with Crippen molar-refractivity contribution in [2.45, 2.75) is 26.0 Å². The summed E-state index contributed by atoms with van der Waals surface area (Å²) >= 11 is 0. The Labute approximate surface area is 140 Å². The first-order valence-corrected chi connectivity index (χ1v) is 8.05. The van der Waals surface area contributed by atoms with Gasteiger partial charge in [0.05, 0.1) is 23.6 Å². The fourth-order valence-electron chi connectivity index (χ4n) is 2.51. The van der Waals surface area contributed by atoms with Crippen LogP contribution in [0.1, 0.15) is 25.1 Å². The SMILES string of the molecule is C[C@@H](C(=O)NCCCOCc1ccco1)n1cnc2ccccc21. The Kier molecular flexibility index (Phi) is 5.28. The highest BCUT2D eigenvalue weighted by atomic mass is 16.5. The molecule has 2 heterocycles. The quantitative estimate of drug-likeness (QED) is 0.646. The standard InChI is InChI=1S/C18H21N3O3/c1-14(21-13-20-16-7-2-3-8-17(16)21)18(22)19-9-5-10-23-12-15-6-4-11-24-15/h2-4,6-8,11,13-14H,5,9-10,12H2,1H3,(H,19,22)/t14-/m0/s1. The minimum Gasteiger partial charge on any atom is -0.467 e. The highest BCUT2D eigenvalue weighted by Crippen LogP contribution is 2.17. The first-order valence-electron chi connectivity index (χ1n) is 8.05. The highest BCUT2D eigenvalue weighted by molar-refractivity contribution is 5.83. The number of nitrogens with one attached hydrogen (secondary N) is 1. The van der Waals surface area contributed by atoms with Gasteiger partial charge in [-0.05, 0) is 37.6 Å². The number of fused-ring (bicyclic) bond motifs is 1. The Bertz CT molecular complexity index is 780. The molecule has 0 saturated carbocycles. The number of amides is 1. The van der Waals surface area contributed by atoms with Crippen LogP contribution in [0.4, 0.5) is 0 Å². The molecule has 0 spiro atoms. The van der Waals surface area contributed by atoms with Crippen molar-refractivity contribution in [3.8, 4) is 0 Å². The molecule has 6 nitrogen and oxygen atoms in total. The average Bonchev–Trinajstić information content (AvgIpc) is 3.26. The Morgan fingerprint density at radius 1 is 1.33 bits per heavy atom. The van der Waals surface area contributed by atoms with Crippen molar-refractivity contribution in [3.63, 3.8) is 0 Å². The van der Waals surface area contributed by atoms with E-state index in [0.29, 0.717) is 19.8 Å². The molecule has 0 radical (unpaired) electrons. The van der Waals surface area contributed by atoms with Gasteiger partial charge >= 0.3 is 0 Å². The highest BCUT2D eigenvalue weighted by Gasteiger charge is 2.16. The zero-order valence-corrected chi connectivity index (χ0v) is 13.6. The summed E-state index contributed by atoms with van der Waals surface area (Å²) in [4.78, 5) is 16.6. The van der Waals surface area contributed by atoms with Gasteiger partial charge < -0.3 is 19.0 Å². The number of para-hydroxylation sites is 2. The fraction of sp³-hybridized carbons (Fsp3) is 0.333. The van der Waals surface area contributed by atoms with Gasteiger partial charge in [0.1, 0.15) is 18.4 Å². The molecule has 126 valence electrons. The van der Waals surface area contributed by atoms with Crippen LogP contribution in [0.5, 0.6) is 0 Å². The van der Waals surface area contributed by atoms with Crippen LogP contribution in [0, 0.1) is 0 Å². The lowest BCUT2D eigenvalue weighted by atomic mass is 10.2. The zero-order chi connectivity index (χ0) is 16.8. The number of carbonyl (C=O) groups is 1. The molecule has 0 aliphatic rings. The predicted molar refractivity (Wildman–Crippen MR) is 90.4 cm³/mol. The Morgan fingerprint density at radius 2 is 2.21 bits per heavy atom. The minimum absolute atomic E-state index is 0.0239. The van der Waals surface area contributed by atoms with E-state index in [1.165, 1.54) is 0 Å². The average molecular weight is 327 g/mol. The van der Waals surface area contributed by atoms with Crippen LogP contribution in [0.3, 0.4) is 0 Å². The summed E-state index contributed by atoms with van der Waals surface area (Å²) in [7, 11) is 0. The van der Waals surface area contributed by atoms with E-state index in [-0.39, 0.29) is 11.9 Å². The van der Waals surface area contributed by atoms with Gasteiger partial charge in [-0.3, -0.25) is 4.79 Å². The van der Waals surface area contributed by atoms with E-state index in [9.17, 15) is 4.79 Å². The molecule has 1 amide bonds. The summed E-state index contributed by atoms with van der Waals surface area (Å²) in [5.74, 6) is 0.781. The van der Waals surface area contributed by atoms with Crippen molar-refractivity contribution < 1.29 is 13.9 Å². The number of aromatic nitrogens is 2. The number of benzene rings is 1. The largest absolute Gasteiger partial charge is 0.467 e. The summed E-state index contributed by atoms with van der Waals surface area (Å²) in [6, 6.07) is 11.2. The van der Waals surface area contributed by atoms with E-state index >= 15 is 0 Å². The molecule has 0 bridgehead atoms. The maximum absolute atomic E-state index is 12.3. The Balaban J connectivity index is 1.41. The number of furan rings is 1. The third kappa shape index (κ3) is 3.83. The van der Waals surface area contributed by atoms with E-state index in [1.807, 2.05) is 47.9 Å². The third-order valence-electron chi connectivity index (χ3n) is 3.87. The lowest BCUT2D eigenvalue weighted by Crippen LogP contribution is -2.31. The Morgan fingerprint density at radius 3 is 3.04 bits per heavy atom. The first-order chi connectivity index (χ1) is 11.8. The maximum atomic E-state index is 12.3. The molecule has 6 heteroatoms. The molecule has 1 N–H and O–H groups in total. The van der Waals surface area contributed by atoms with Crippen molar-refractivity contribution in [3.05, 3.63) is 54.7 Å². The Hall–Kier alpha value is -2.60. The summed E-state index contributed by atoms with van der Waals surface area (Å²) in [5.41, 5.74) is 1.85. The first kappa shape index (κ1) is 16.3. The van der Waals surface area contributed by atoms with E-state index in [0.717, 1.165) is 23.2 Å². The third-order valence-corrected chi connectivity index (χ3v) is 3.87. The molecule has 1 atom stereocenters. The van der Waals surface area contributed by atoms with E-state index in [1.54, 1.807) is 12.6 Å². The fourth-order valence-corrected chi connectivity index (χ4v) is 2.51. The molecule has 0 aliphatic carbocycles. The van der Waals surface area contributed by atoms with E-state index < -0.39 is 0 Å². The molecule has 0 saturated heterocycles. The zero-order valence-electron chi connectivity index (χ0n) is 13.6. The van der Waals surface area contributed by atoms with Gasteiger partial charge in [0.15, 0.2) is 0 Å². The van der Waals surface area contributed by atoms with Gasteiger partial charge in [-0.25, -0.2) is 4.98 Å². The smallest absolute Gasteiger partial charge is 0.242 e. The van der Waals surface area contributed by atoms with Crippen LogP contribution in [-0.2, 0) is 16.1 Å². The maximum Gasteiger partial charge on any atom is 0.242 e. The molecule has 24 heavy (non-hydrogen) atoms. The number of hydrogen-bond donors (Lipinski definition) is 1. The minimum atomic E-state index is -0.304. The molecular formula is C18H21N3O3. The second-order valence-electron chi connectivity index (χ2n) is 5.59. The number of nitrogens with zero attached hydrogens (tertiary/aromatic N) is 2. The summed E-state index contributed by atoms with van der Waals surface area (Å²) in [5, 5.41) is 2.94. The van der Waals surface area contributed by atoms with Crippen LogP contribution in [-0.4, -0.2) is 28.6 Å². The number of ether oxygens (including phenoxy) is 1. The van der Waals surface area contributed by atoms with Crippen molar-refractivity contribution in [1.82, 2.24) is 14.9 Å². The second kappa shape index (κ2) is 7.79. The molecule has 0 unspecified atom stereocenters.